The highest BCUT2D eigenvalue weighted by Gasteiger charge is 2.35. The highest BCUT2D eigenvalue weighted by Crippen LogP contribution is 2.28. The van der Waals surface area contributed by atoms with Crippen molar-refractivity contribution in [3.05, 3.63) is 34.9 Å². The van der Waals surface area contributed by atoms with Gasteiger partial charge in [-0.25, -0.2) is 4.79 Å². The summed E-state index contributed by atoms with van der Waals surface area (Å²) in [6, 6.07) is 4.79. The third-order valence-electron chi connectivity index (χ3n) is 3.86. The van der Waals surface area contributed by atoms with Crippen LogP contribution in [0.3, 0.4) is 0 Å². The third kappa shape index (κ3) is 2.21. The van der Waals surface area contributed by atoms with Crippen molar-refractivity contribution in [2.24, 2.45) is 0 Å². The lowest BCUT2D eigenvalue weighted by Gasteiger charge is -2.22. The predicted molar refractivity (Wildman–Crippen MR) is 72.4 cm³/mol. The van der Waals surface area contributed by atoms with Crippen LogP contribution < -0.4 is 0 Å². The van der Waals surface area contributed by atoms with Gasteiger partial charge in [0, 0.05) is 26.2 Å². The summed E-state index contributed by atoms with van der Waals surface area (Å²) < 4.78 is 27.9. The highest BCUT2D eigenvalue weighted by atomic mass is 32.2. The molecule has 0 spiro atoms. The van der Waals surface area contributed by atoms with Crippen LogP contribution in [0, 0.1) is 0 Å². The smallest absolute Gasteiger partial charge is 0.335 e. The molecule has 0 radical (unpaired) electrons. The number of carboxylic acid groups (broad SMARTS) is 1. The fraction of sp³-hybridized carbons (Fsp3) is 0.462. The molecule has 0 aromatic heterocycles. The van der Waals surface area contributed by atoms with Crippen LogP contribution >= 0.6 is 0 Å². The molecule has 0 saturated carbocycles. The van der Waals surface area contributed by atoms with Gasteiger partial charge in [0.1, 0.15) is 0 Å². The van der Waals surface area contributed by atoms with Gasteiger partial charge in [0.2, 0.25) is 0 Å². The second-order valence-electron chi connectivity index (χ2n) is 5.17. The Kier molecular flexibility index (Phi) is 3.27. The molecule has 6 nitrogen and oxygen atoms in total. The minimum Gasteiger partial charge on any atom is -0.478 e. The molecule has 20 heavy (non-hydrogen) atoms. The first-order valence-electron chi connectivity index (χ1n) is 6.59. The number of hydrogen-bond donors (Lipinski definition) is 1. The molecule has 0 bridgehead atoms. The summed E-state index contributed by atoms with van der Waals surface area (Å²) in [5.41, 5.74) is 1.87. The molecular weight excluding hydrogens is 280 g/mol. The van der Waals surface area contributed by atoms with E-state index < -0.39 is 16.2 Å². The van der Waals surface area contributed by atoms with Gasteiger partial charge in [-0.2, -0.15) is 17.0 Å². The van der Waals surface area contributed by atoms with Crippen molar-refractivity contribution >= 4 is 16.2 Å². The number of nitrogens with zero attached hydrogens (tertiary/aromatic N) is 2. The number of benzene rings is 1. The molecule has 0 amide bonds. The predicted octanol–water partition coefficient (Wildman–Crippen LogP) is 1.04. The Hall–Kier alpha value is -1.44. The molecule has 7 heteroatoms. The summed E-state index contributed by atoms with van der Waals surface area (Å²) in [4.78, 5) is 10.9. The number of aromatic carboxylic acids is 1. The summed E-state index contributed by atoms with van der Waals surface area (Å²) >= 11 is 0. The lowest BCUT2D eigenvalue weighted by Crippen LogP contribution is -2.39. The molecule has 3 rings (SSSR count). The first kappa shape index (κ1) is 13.5. The maximum absolute atomic E-state index is 12.5. The Balaban J connectivity index is 1.85. The molecule has 0 atom stereocenters. The van der Waals surface area contributed by atoms with Crippen LogP contribution in [0.4, 0.5) is 0 Å². The third-order valence-corrected chi connectivity index (χ3v) is 5.79. The number of fused-ring (bicyclic) bond motifs is 1. The number of hydrogen-bond acceptors (Lipinski definition) is 3. The van der Waals surface area contributed by atoms with Crippen LogP contribution in [0.2, 0.25) is 0 Å². The second kappa shape index (κ2) is 4.83. The molecule has 1 N–H and O–H groups in total. The van der Waals surface area contributed by atoms with Crippen molar-refractivity contribution in [1.82, 2.24) is 8.61 Å². The largest absolute Gasteiger partial charge is 0.478 e. The zero-order valence-electron chi connectivity index (χ0n) is 10.9. The van der Waals surface area contributed by atoms with Gasteiger partial charge in [-0.05, 0) is 36.1 Å². The van der Waals surface area contributed by atoms with Crippen LogP contribution in [-0.2, 0) is 23.3 Å². The first-order valence-corrected chi connectivity index (χ1v) is 7.98. The molecule has 1 fully saturated rings. The molecular formula is C13H16N2O4S. The van der Waals surface area contributed by atoms with E-state index in [4.69, 9.17) is 5.11 Å². The van der Waals surface area contributed by atoms with Gasteiger partial charge < -0.3 is 5.11 Å². The van der Waals surface area contributed by atoms with Gasteiger partial charge in [-0.15, -0.1) is 0 Å². The van der Waals surface area contributed by atoms with Crippen LogP contribution in [0.15, 0.2) is 18.2 Å². The van der Waals surface area contributed by atoms with E-state index in [-0.39, 0.29) is 12.1 Å². The molecule has 108 valence electrons. The molecule has 0 unspecified atom stereocenters. The molecule has 0 aliphatic carbocycles. The summed E-state index contributed by atoms with van der Waals surface area (Å²) in [6.45, 7) is 1.74. The molecule has 1 aromatic carbocycles. The maximum atomic E-state index is 12.5. The van der Waals surface area contributed by atoms with Crippen molar-refractivity contribution in [3.63, 3.8) is 0 Å². The minimum atomic E-state index is -3.42. The standard InChI is InChI=1S/C13H16N2O4S/c16-13(17)10-3-4-11-8-15(9-12(11)7-10)20(18,19)14-5-1-2-6-14/h3-4,7H,1-2,5-6,8-9H2,(H,16,17). The monoisotopic (exact) mass is 296 g/mol. The van der Waals surface area contributed by atoms with E-state index in [9.17, 15) is 13.2 Å². The lowest BCUT2D eigenvalue weighted by atomic mass is 10.1. The van der Waals surface area contributed by atoms with E-state index in [1.807, 2.05) is 0 Å². The van der Waals surface area contributed by atoms with Crippen molar-refractivity contribution in [2.45, 2.75) is 25.9 Å². The fourth-order valence-electron chi connectivity index (χ4n) is 2.74. The fourth-order valence-corrected chi connectivity index (χ4v) is 4.39. The van der Waals surface area contributed by atoms with Crippen molar-refractivity contribution in [2.75, 3.05) is 13.1 Å². The van der Waals surface area contributed by atoms with Gasteiger partial charge in [0.25, 0.3) is 10.2 Å². The summed E-state index contributed by atoms with van der Waals surface area (Å²) in [5, 5.41) is 8.97. The first-order chi connectivity index (χ1) is 9.48. The van der Waals surface area contributed by atoms with E-state index in [1.165, 1.54) is 14.7 Å². The average molecular weight is 296 g/mol. The van der Waals surface area contributed by atoms with E-state index in [1.54, 1.807) is 12.1 Å². The number of carboxylic acids is 1. The molecule has 2 heterocycles. The molecule has 2 aliphatic rings. The Morgan fingerprint density at radius 3 is 2.35 bits per heavy atom. The second-order valence-corrected chi connectivity index (χ2v) is 7.10. The van der Waals surface area contributed by atoms with E-state index in [0.29, 0.717) is 19.6 Å². The van der Waals surface area contributed by atoms with Gasteiger partial charge >= 0.3 is 5.97 Å². The van der Waals surface area contributed by atoms with Crippen LogP contribution in [-0.4, -0.2) is 41.2 Å². The topological polar surface area (TPSA) is 77.9 Å². The van der Waals surface area contributed by atoms with E-state index in [2.05, 4.69) is 0 Å². The van der Waals surface area contributed by atoms with Crippen LogP contribution in [0.25, 0.3) is 0 Å². The molecule has 2 aliphatic heterocycles. The normalized spacial score (nSPS) is 20.2. The summed E-state index contributed by atoms with van der Waals surface area (Å²) in [5.74, 6) is -0.992. The van der Waals surface area contributed by atoms with Crippen LogP contribution in [0.5, 0.6) is 0 Å². The van der Waals surface area contributed by atoms with Gasteiger partial charge in [0.05, 0.1) is 5.56 Å². The van der Waals surface area contributed by atoms with E-state index >= 15 is 0 Å². The number of carbonyl (C=O) groups is 1. The molecule has 1 aromatic rings. The molecule has 1 saturated heterocycles. The van der Waals surface area contributed by atoms with Gasteiger partial charge in [-0.3, -0.25) is 0 Å². The summed E-state index contributed by atoms with van der Waals surface area (Å²) in [6.07, 6.45) is 1.81. The Labute approximate surface area is 117 Å². The van der Waals surface area contributed by atoms with Gasteiger partial charge in [-0.1, -0.05) is 6.07 Å². The lowest BCUT2D eigenvalue weighted by molar-refractivity contribution is 0.0696. The Morgan fingerprint density at radius 2 is 1.70 bits per heavy atom. The van der Waals surface area contributed by atoms with E-state index in [0.717, 1.165) is 24.0 Å². The highest BCUT2D eigenvalue weighted by molar-refractivity contribution is 7.86. The van der Waals surface area contributed by atoms with Crippen LogP contribution in [0.1, 0.15) is 34.3 Å². The minimum absolute atomic E-state index is 0.198. The van der Waals surface area contributed by atoms with Gasteiger partial charge in [0.15, 0.2) is 0 Å². The van der Waals surface area contributed by atoms with Crippen molar-refractivity contribution in [3.8, 4) is 0 Å². The Morgan fingerprint density at radius 1 is 1.05 bits per heavy atom. The summed E-state index contributed by atoms with van der Waals surface area (Å²) in [7, 11) is -3.42. The SMILES string of the molecule is O=C(O)c1ccc2c(c1)CN(S(=O)(=O)N1CCCC1)C2. The van der Waals surface area contributed by atoms with Crippen molar-refractivity contribution < 1.29 is 18.3 Å². The Bertz CT molecular complexity index is 650. The van der Waals surface area contributed by atoms with Crippen molar-refractivity contribution in [1.29, 1.82) is 0 Å². The maximum Gasteiger partial charge on any atom is 0.335 e. The quantitative estimate of drug-likeness (QED) is 0.904. The zero-order chi connectivity index (χ0) is 14.3. The zero-order valence-corrected chi connectivity index (χ0v) is 11.8. The number of rotatable bonds is 3. The average Bonchev–Trinajstić information content (AvgIpc) is 3.07.